The number of nitrogens with one attached hydrogen (secondary N) is 2. The molecule has 0 unspecified atom stereocenters. The third-order valence-electron chi connectivity index (χ3n) is 3.49. The van der Waals surface area contributed by atoms with Gasteiger partial charge in [-0.3, -0.25) is 4.79 Å². The van der Waals surface area contributed by atoms with Crippen LogP contribution in [0.15, 0.2) is 59.3 Å². The van der Waals surface area contributed by atoms with Gasteiger partial charge in [0.05, 0.1) is 17.0 Å². The lowest BCUT2D eigenvalue weighted by molar-refractivity contribution is -0.129. The minimum atomic E-state index is -3.67. The lowest BCUT2D eigenvalue weighted by Crippen LogP contribution is -2.35. The highest BCUT2D eigenvalue weighted by molar-refractivity contribution is 7.89. The Morgan fingerprint density at radius 3 is 2.56 bits per heavy atom. The zero-order valence-electron chi connectivity index (χ0n) is 14.7. The van der Waals surface area contributed by atoms with E-state index in [0.717, 1.165) is 4.88 Å². The highest BCUT2D eigenvalue weighted by Crippen LogP contribution is 2.12. The first kappa shape index (κ1) is 20.8. The van der Waals surface area contributed by atoms with Crippen LogP contribution in [0, 0.1) is 0 Å². The van der Waals surface area contributed by atoms with Crippen LogP contribution in [0.4, 0.5) is 0 Å². The molecule has 0 bridgehead atoms. The number of hydrogen-bond acceptors (Lipinski definition) is 6. The second-order valence-electron chi connectivity index (χ2n) is 5.51. The Labute approximate surface area is 162 Å². The molecule has 144 valence electrons. The summed E-state index contributed by atoms with van der Waals surface area (Å²) >= 11 is 1.51. The Morgan fingerprint density at radius 1 is 1.26 bits per heavy atom. The number of esters is 1. The van der Waals surface area contributed by atoms with E-state index in [9.17, 15) is 18.0 Å². The third-order valence-corrected chi connectivity index (χ3v) is 5.80. The molecule has 2 N–H and O–H groups in total. The van der Waals surface area contributed by atoms with Crippen LogP contribution in [0.25, 0.3) is 0 Å². The maximum absolute atomic E-state index is 12.1. The monoisotopic (exact) mass is 408 g/mol. The summed E-state index contributed by atoms with van der Waals surface area (Å²) < 4.78 is 31.4. The first-order valence-electron chi connectivity index (χ1n) is 8.05. The van der Waals surface area contributed by atoms with Gasteiger partial charge >= 0.3 is 5.97 Å². The van der Waals surface area contributed by atoms with Gasteiger partial charge in [-0.05, 0) is 42.6 Å². The summed E-state index contributed by atoms with van der Waals surface area (Å²) in [6, 6.07) is 9.03. The number of carbonyl (C=O) groups excluding carboxylic acids is 2. The van der Waals surface area contributed by atoms with Crippen LogP contribution in [0.3, 0.4) is 0 Å². The number of thiophene rings is 1. The molecule has 1 heterocycles. The number of ether oxygens (including phenoxy) is 1. The molecule has 2 aromatic rings. The molecule has 1 atom stereocenters. The van der Waals surface area contributed by atoms with E-state index >= 15 is 0 Å². The van der Waals surface area contributed by atoms with Crippen molar-refractivity contribution >= 4 is 33.2 Å². The SMILES string of the molecule is C=CCNS(=O)(=O)c1ccc(C(=O)O[C@H](C)C(=O)NCc2cccs2)cc1. The van der Waals surface area contributed by atoms with Crippen molar-refractivity contribution in [3.8, 4) is 0 Å². The molecule has 0 saturated heterocycles. The summed E-state index contributed by atoms with van der Waals surface area (Å²) in [5.41, 5.74) is 0.149. The Hall–Kier alpha value is -2.49. The molecule has 7 nitrogen and oxygen atoms in total. The van der Waals surface area contributed by atoms with E-state index in [0.29, 0.717) is 6.54 Å². The summed E-state index contributed by atoms with van der Waals surface area (Å²) in [5.74, 6) is -1.12. The number of benzene rings is 1. The Bertz CT molecular complexity index is 890. The summed E-state index contributed by atoms with van der Waals surface area (Å²) in [7, 11) is -3.67. The van der Waals surface area contributed by atoms with E-state index in [-0.39, 0.29) is 17.0 Å². The van der Waals surface area contributed by atoms with E-state index in [4.69, 9.17) is 4.74 Å². The van der Waals surface area contributed by atoms with Crippen molar-refractivity contribution in [2.75, 3.05) is 6.54 Å². The molecule has 0 fully saturated rings. The molecule has 27 heavy (non-hydrogen) atoms. The topological polar surface area (TPSA) is 102 Å². The summed E-state index contributed by atoms with van der Waals surface area (Å²) in [5, 5.41) is 4.59. The summed E-state index contributed by atoms with van der Waals surface area (Å²) in [6.07, 6.45) is 0.448. The molecule has 0 aliphatic heterocycles. The number of amides is 1. The number of rotatable bonds is 9. The normalized spacial score (nSPS) is 12.2. The predicted octanol–water partition coefficient (Wildman–Crippen LogP) is 2.07. The number of carbonyl (C=O) groups is 2. The maximum Gasteiger partial charge on any atom is 0.338 e. The lowest BCUT2D eigenvalue weighted by Gasteiger charge is -2.13. The Kier molecular flexibility index (Phi) is 7.28. The van der Waals surface area contributed by atoms with E-state index in [1.54, 1.807) is 0 Å². The molecule has 0 saturated carbocycles. The highest BCUT2D eigenvalue weighted by Gasteiger charge is 2.20. The van der Waals surface area contributed by atoms with Crippen LogP contribution >= 0.6 is 11.3 Å². The molecule has 1 amide bonds. The first-order valence-corrected chi connectivity index (χ1v) is 10.4. The standard InChI is InChI=1S/C18H20N2O5S2/c1-3-10-20-27(23,24)16-8-6-14(7-9-16)18(22)25-13(2)17(21)19-12-15-5-4-11-26-15/h3-9,11,13,20H,1,10,12H2,2H3,(H,19,21)/t13-/m1/s1. The van der Waals surface area contributed by atoms with Crippen LogP contribution in [0.1, 0.15) is 22.2 Å². The lowest BCUT2D eigenvalue weighted by atomic mass is 10.2. The van der Waals surface area contributed by atoms with Gasteiger partial charge in [0, 0.05) is 11.4 Å². The largest absolute Gasteiger partial charge is 0.449 e. The number of sulfonamides is 1. The fourth-order valence-corrected chi connectivity index (χ4v) is 3.68. The van der Waals surface area contributed by atoms with E-state index in [2.05, 4.69) is 16.6 Å². The fourth-order valence-electron chi connectivity index (χ4n) is 2.04. The van der Waals surface area contributed by atoms with Crippen LogP contribution in [-0.2, 0) is 26.1 Å². The van der Waals surface area contributed by atoms with Crippen molar-refractivity contribution in [3.05, 3.63) is 64.9 Å². The fraction of sp³-hybridized carbons (Fsp3) is 0.222. The molecule has 0 spiro atoms. The van der Waals surface area contributed by atoms with Crippen LogP contribution in [0.5, 0.6) is 0 Å². The maximum atomic E-state index is 12.1. The van der Waals surface area contributed by atoms with Gasteiger partial charge < -0.3 is 10.1 Å². The average Bonchev–Trinajstić information content (AvgIpc) is 3.18. The Morgan fingerprint density at radius 2 is 1.96 bits per heavy atom. The van der Waals surface area contributed by atoms with Crippen molar-refractivity contribution in [2.45, 2.75) is 24.5 Å². The molecule has 0 aliphatic carbocycles. The molecule has 1 aromatic heterocycles. The molecule has 0 aliphatic rings. The van der Waals surface area contributed by atoms with Crippen LogP contribution in [0.2, 0.25) is 0 Å². The second-order valence-corrected chi connectivity index (χ2v) is 8.31. The van der Waals surface area contributed by atoms with Gasteiger partial charge in [-0.2, -0.15) is 0 Å². The van der Waals surface area contributed by atoms with Gasteiger partial charge in [-0.15, -0.1) is 17.9 Å². The van der Waals surface area contributed by atoms with Crippen LogP contribution < -0.4 is 10.0 Å². The van der Waals surface area contributed by atoms with Crippen molar-refractivity contribution in [1.82, 2.24) is 10.0 Å². The summed E-state index contributed by atoms with van der Waals surface area (Å²) in [6.45, 7) is 5.38. The molecule has 2 rings (SSSR count). The van der Waals surface area contributed by atoms with Crippen molar-refractivity contribution in [1.29, 1.82) is 0 Å². The van der Waals surface area contributed by atoms with Gasteiger partial charge in [0.1, 0.15) is 0 Å². The quantitative estimate of drug-likeness (QED) is 0.489. The Balaban J connectivity index is 1.92. The number of hydrogen-bond donors (Lipinski definition) is 2. The minimum absolute atomic E-state index is 0.0163. The van der Waals surface area contributed by atoms with Gasteiger partial charge in [0.2, 0.25) is 10.0 Å². The average molecular weight is 409 g/mol. The molecule has 9 heteroatoms. The third kappa shape index (κ3) is 6.02. The van der Waals surface area contributed by atoms with Gasteiger partial charge in [-0.1, -0.05) is 12.1 Å². The molecule has 0 radical (unpaired) electrons. The molecular weight excluding hydrogens is 388 g/mol. The zero-order valence-corrected chi connectivity index (χ0v) is 16.3. The van der Waals surface area contributed by atoms with Gasteiger partial charge in [-0.25, -0.2) is 17.9 Å². The van der Waals surface area contributed by atoms with Gasteiger partial charge in [0.25, 0.3) is 5.91 Å². The summed E-state index contributed by atoms with van der Waals surface area (Å²) in [4.78, 5) is 25.2. The van der Waals surface area contributed by atoms with Crippen molar-refractivity contribution < 1.29 is 22.7 Å². The molecule has 1 aromatic carbocycles. The van der Waals surface area contributed by atoms with Crippen molar-refractivity contribution in [3.63, 3.8) is 0 Å². The first-order chi connectivity index (χ1) is 12.8. The smallest absolute Gasteiger partial charge is 0.338 e. The highest BCUT2D eigenvalue weighted by atomic mass is 32.2. The van der Waals surface area contributed by atoms with Crippen molar-refractivity contribution in [2.24, 2.45) is 0 Å². The molecular formula is C18H20N2O5S2. The van der Waals surface area contributed by atoms with Gasteiger partial charge in [0.15, 0.2) is 6.10 Å². The second kappa shape index (κ2) is 9.45. The van der Waals surface area contributed by atoms with E-state index in [1.807, 2.05) is 17.5 Å². The minimum Gasteiger partial charge on any atom is -0.449 e. The van der Waals surface area contributed by atoms with Crippen LogP contribution in [-0.4, -0.2) is 32.9 Å². The van der Waals surface area contributed by atoms with E-state index in [1.165, 1.54) is 48.6 Å². The zero-order chi connectivity index (χ0) is 19.9. The predicted molar refractivity (Wildman–Crippen MR) is 103 cm³/mol. The van der Waals surface area contributed by atoms with E-state index < -0.39 is 28.0 Å².